The molecule has 3 aliphatic rings. The molecule has 1 spiro atoms. The van der Waals surface area contributed by atoms with Crippen LogP contribution in [0.15, 0.2) is 30.3 Å². The molecule has 1 aromatic carbocycles. The molecule has 4 rings (SSSR count). The van der Waals surface area contributed by atoms with Crippen LogP contribution in [0.3, 0.4) is 0 Å². The molecule has 0 N–H and O–H groups in total. The molecule has 1 aromatic rings. The van der Waals surface area contributed by atoms with Gasteiger partial charge in [-0.3, -0.25) is 9.59 Å². The molecule has 0 aromatic heterocycles. The van der Waals surface area contributed by atoms with Crippen molar-refractivity contribution in [3.63, 3.8) is 0 Å². The zero-order valence-electron chi connectivity index (χ0n) is 15.7. The van der Waals surface area contributed by atoms with Crippen molar-refractivity contribution in [1.82, 2.24) is 9.80 Å². The Bertz CT molecular complexity index is 673. The molecular weight excluding hydrogens is 326 g/mol. The standard InChI is InChI=1S/C21H29N3O2/c1-22(18-6-3-2-4-7-18)15-19(25)24-13-11-21(16-24)10-5-12-23(20(21)26)14-17-8-9-17/h2-4,6-7,17H,5,8-16H2,1H3. The molecule has 5 nitrogen and oxygen atoms in total. The fourth-order valence-electron chi connectivity index (χ4n) is 4.48. The summed E-state index contributed by atoms with van der Waals surface area (Å²) in [6.07, 6.45) is 5.38. The topological polar surface area (TPSA) is 43.9 Å². The van der Waals surface area contributed by atoms with Crippen molar-refractivity contribution in [2.45, 2.75) is 32.1 Å². The Balaban J connectivity index is 1.37. The van der Waals surface area contributed by atoms with Crippen molar-refractivity contribution in [3.05, 3.63) is 30.3 Å². The molecule has 1 saturated carbocycles. The number of hydrogen-bond donors (Lipinski definition) is 0. The maximum Gasteiger partial charge on any atom is 0.242 e. The maximum atomic E-state index is 13.1. The van der Waals surface area contributed by atoms with Gasteiger partial charge < -0.3 is 14.7 Å². The number of nitrogens with zero attached hydrogens (tertiary/aromatic N) is 3. The molecule has 2 heterocycles. The van der Waals surface area contributed by atoms with E-state index in [-0.39, 0.29) is 11.3 Å². The summed E-state index contributed by atoms with van der Waals surface area (Å²) in [7, 11) is 1.95. The Labute approximate surface area is 155 Å². The smallest absolute Gasteiger partial charge is 0.242 e. The zero-order valence-corrected chi connectivity index (χ0v) is 15.7. The second-order valence-electron chi connectivity index (χ2n) is 8.34. The van der Waals surface area contributed by atoms with E-state index in [1.165, 1.54) is 12.8 Å². The third-order valence-corrected chi connectivity index (χ3v) is 6.28. The highest BCUT2D eigenvalue weighted by Crippen LogP contribution is 2.41. The van der Waals surface area contributed by atoms with E-state index in [1.807, 2.05) is 47.2 Å². The lowest BCUT2D eigenvalue weighted by molar-refractivity contribution is -0.146. The lowest BCUT2D eigenvalue weighted by Gasteiger charge is -2.39. The summed E-state index contributed by atoms with van der Waals surface area (Å²) in [6.45, 7) is 3.52. The van der Waals surface area contributed by atoms with Crippen molar-refractivity contribution in [2.75, 3.05) is 44.7 Å². The first kappa shape index (κ1) is 17.4. The van der Waals surface area contributed by atoms with E-state index in [2.05, 4.69) is 4.90 Å². The van der Waals surface area contributed by atoms with Crippen molar-refractivity contribution >= 4 is 17.5 Å². The van der Waals surface area contributed by atoms with Crippen LogP contribution in [0.25, 0.3) is 0 Å². The Hall–Kier alpha value is -2.04. The predicted octanol–water partition coefficient (Wildman–Crippen LogP) is 2.37. The SMILES string of the molecule is CN(CC(=O)N1CCC2(CCCN(CC3CC3)C2=O)C1)c1ccccc1. The quantitative estimate of drug-likeness (QED) is 0.814. The number of piperidine rings is 1. The second-order valence-corrected chi connectivity index (χ2v) is 8.34. The summed E-state index contributed by atoms with van der Waals surface area (Å²) in [5, 5.41) is 0. The molecule has 1 unspecified atom stereocenters. The zero-order chi connectivity index (χ0) is 18.1. The molecule has 0 radical (unpaired) electrons. The van der Waals surface area contributed by atoms with Crippen LogP contribution in [0.2, 0.25) is 0 Å². The van der Waals surface area contributed by atoms with Gasteiger partial charge in [0.2, 0.25) is 11.8 Å². The summed E-state index contributed by atoms with van der Waals surface area (Å²) in [5.41, 5.74) is 0.729. The van der Waals surface area contributed by atoms with Gasteiger partial charge >= 0.3 is 0 Å². The second kappa shape index (κ2) is 6.93. The molecule has 2 saturated heterocycles. The van der Waals surface area contributed by atoms with Crippen LogP contribution >= 0.6 is 0 Å². The normalized spacial score (nSPS) is 25.8. The number of likely N-dealkylation sites (N-methyl/N-ethyl adjacent to an activating group) is 1. The Morgan fingerprint density at radius 3 is 2.69 bits per heavy atom. The molecule has 1 atom stereocenters. The van der Waals surface area contributed by atoms with Crippen molar-refractivity contribution in [1.29, 1.82) is 0 Å². The van der Waals surface area contributed by atoms with E-state index < -0.39 is 0 Å². The Morgan fingerprint density at radius 2 is 1.96 bits per heavy atom. The highest BCUT2D eigenvalue weighted by Gasteiger charge is 2.49. The number of hydrogen-bond acceptors (Lipinski definition) is 3. The van der Waals surface area contributed by atoms with Gasteiger partial charge in [-0.2, -0.15) is 0 Å². The van der Waals surface area contributed by atoms with Crippen LogP contribution in [-0.4, -0.2) is 61.4 Å². The first-order chi connectivity index (χ1) is 12.6. The minimum absolute atomic E-state index is 0.125. The highest BCUT2D eigenvalue weighted by atomic mass is 16.2. The number of carbonyl (C=O) groups is 2. The highest BCUT2D eigenvalue weighted by molar-refractivity contribution is 5.87. The molecular formula is C21H29N3O2. The summed E-state index contributed by atoms with van der Waals surface area (Å²) < 4.78 is 0. The summed E-state index contributed by atoms with van der Waals surface area (Å²) >= 11 is 0. The van der Waals surface area contributed by atoms with Crippen molar-refractivity contribution in [3.8, 4) is 0 Å². The molecule has 0 bridgehead atoms. The average Bonchev–Trinajstić information content (AvgIpc) is 3.37. The van der Waals surface area contributed by atoms with E-state index in [4.69, 9.17) is 0 Å². The number of carbonyl (C=O) groups excluding carboxylic acids is 2. The fraction of sp³-hybridized carbons (Fsp3) is 0.619. The number of rotatable bonds is 5. The van der Waals surface area contributed by atoms with E-state index in [9.17, 15) is 9.59 Å². The number of likely N-dealkylation sites (tertiary alicyclic amines) is 2. The van der Waals surface area contributed by atoms with Gasteiger partial charge in [0, 0.05) is 38.9 Å². The predicted molar refractivity (Wildman–Crippen MR) is 102 cm³/mol. The minimum atomic E-state index is -0.311. The van der Waals surface area contributed by atoms with Crippen LogP contribution < -0.4 is 4.90 Å². The summed E-state index contributed by atoms with van der Waals surface area (Å²) in [5.74, 6) is 1.16. The third-order valence-electron chi connectivity index (χ3n) is 6.28. The van der Waals surface area contributed by atoms with Crippen LogP contribution in [0, 0.1) is 11.3 Å². The van der Waals surface area contributed by atoms with Gasteiger partial charge in [-0.15, -0.1) is 0 Å². The number of amides is 2. The van der Waals surface area contributed by atoms with Crippen molar-refractivity contribution in [2.24, 2.45) is 11.3 Å². The van der Waals surface area contributed by atoms with Gasteiger partial charge in [-0.05, 0) is 50.2 Å². The van der Waals surface area contributed by atoms with E-state index in [1.54, 1.807) is 0 Å². The minimum Gasteiger partial charge on any atom is -0.365 e. The fourth-order valence-corrected chi connectivity index (χ4v) is 4.48. The molecule has 26 heavy (non-hydrogen) atoms. The molecule has 2 aliphatic heterocycles. The molecule has 140 valence electrons. The Kier molecular flexibility index (Phi) is 4.63. The van der Waals surface area contributed by atoms with Gasteiger partial charge in [-0.1, -0.05) is 18.2 Å². The van der Waals surface area contributed by atoms with Gasteiger partial charge in [0.15, 0.2) is 0 Å². The van der Waals surface area contributed by atoms with Gasteiger partial charge in [0.05, 0.1) is 12.0 Å². The van der Waals surface area contributed by atoms with Gasteiger partial charge in [0.25, 0.3) is 0 Å². The molecule has 1 aliphatic carbocycles. The third kappa shape index (κ3) is 3.44. The van der Waals surface area contributed by atoms with E-state index in [0.717, 1.165) is 44.0 Å². The largest absolute Gasteiger partial charge is 0.365 e. The van der Waals surface area contributed by atoms with Gasteiger partial charge in [0.1, 0.15) is 0 Å². The molecule has 2 amide bonds. The molecule has 3 fully saturated rings. The lowest BCUT2D eigenvalue weighted by Crippen LogP contribution is -2.51. The number of para-hydroxylation sites is 1. The summed E-state index contributed by atoms with van der Waals surface area (Å²) in [6, 6.07) is 9.97. The van der Waals surface area contributed by atoms with E-state index >= 15 is 0 Å². The average molecular weight is 355 g/mol. The van der Waals surface area contributed by atoms with Crippen molar-refractivity contribution < 1.29 is 9.59 Å². The first-order valence-electron chi connectivity index (χ1n) is 9.91. The lowest BCUT2D eigenvalue weighted by atomic mass is 9.78. The first-order valence-corrected chi connectivity index (χ1v) is 9.91. The van der Waals surface area contributed by atoms with Crippen LogP contribution in [0.5, 0.6) is 0 Å². The summed E-state index contributed by atoms with van der Waals surface area (Å²) in [4.78, 5) is 31.9. The monoisotopic (exact) mass is 355 g/mol. The van der Waals surface area contributed by atoms with Gasteiger partial charge in [-0.25, -0.2) is 0 Å². The number of benzene rings is 1. The van der Waals surface area contributed by atoms with Crippen LogP contribution in [0.1, 0.15) is 32.1 Å². The van der Waals surface area contributed by atoms with Crippen LogP contribution in [-0.2, 0) is 9.59 Å². The maximum absolute atomic E-state index is 13.1. The Morgan fingerprint density at radius 1 is 1.19 bits per heavy atom. The van der Waals surface area contributed by atoms with Crippen LogP contribution in [0.4, 0.5) is 5.69 Å². The van der Waals surface area contributed by atoms with E-state index in [0.29, 0.717) is 25.5 Å². The number of anilines is 1. The molecule has 5 heteroatoms.